The Kier molecular flexibility index (Phi) is 5.92. The van der Waals surface area contributed by atoms with E-state index in [0.29, 0.717) is 22.4 Å². The fraction of sp³-hybridized carbons (Fsp3) is 0.120. The Morgan fingerprint density at radius 2 is 1.62 bits per heavy atom. The molecule has 0 atom stereocenters. The normalized spacial score (nSPS) is 12.5. The predicted octanol–water partition coefficient (Wildman–Crippen LogP) is 6.59. The molecule has 4 aromatic rings. The number of hydrogen-bond donors (Lipinski definition) is 1. The number of anilines is 1. The molecule has 32 heavy (non-hydrogen) atoms. The van der Waals surface area contributed by atoms with Gasteiger partial charge in [0, 0.05) is 28.0 Å². The lowest BCUT2D eigenvalue weighted by Crippen LogP contribution is -2.25. The van der Waals surface area contributed by atoms with Crippen LogP contribution in [0.2, 0.25) is 0 Å². The summed E-state index contributed by atoms with van der Waals surface area (Å²) >= 11 is 3.11. The first-order chi connectivity index (χ1) is 15.7. The van der Waals surface area contributed by atoms with Crippen LogP contribution in [0.4, 0.5) is 9.52 Å². The lowest BCUT2D eigenvalue weighted by molar-refractivity contribution is -0.116. The minimum Gasteiger partial charge on any atom is -0.457 e. The van der Waals surface area contributed by atoms with E-state index in [1.807, 2.05) is 53.9 Å². The lowest BCUT2D eigenvalue weighted by atomic mass is 9.87. The van der Waals surface area contributed by atoms with Gasteiger partial charge in [-0.2, -0.15) is 11.8 Å². The van der Waals surface area contributed by atoms with Crippen molar-refractivity contribution in [2.24, 2.45) is 0 Å². The minimum absolute atomic E-state index is 0.131. The number of ether oxygens (including phenoxy) is 1. The second-order valence-corrected chi connectivity index (χ2v) is 9.21. The first kappa shape index (κ1) is 20.7. The van der Waals surface area contributed by atoms with Crippen LogP contribution in [0.1, 0.15) is 28.3 Å². The number of hydrogen-bond acceptors (Lipinski definition) is 5. The van der Waals surface area contributed by atoms with E-state index in [0.717, 1.165) is 28.1 Å². The number of benzene rings is 3. The molecule has 160 valence electrons. The maximum Gasteiger partial charge on any atom is 0.238 e. The number of halogens is 1. The van der Waals surface area contributed by atoms with Crippen molar-refractivity contribution in [1.82, 2.24) is 4.98 Å². The first-order valence-corrected chi connectivity index (χ1v) is 12.1. The van der Waals surface area contributed by atoms with Gasteiger partial charge in [0.25, 0.3) is 0 Å². The number of aromatic nitrogens is 1. The Balaban J connectivity index is 1.27. The molecule has 0 radical (unpaired) electrons. The fourth-order valence-electron chi connectivity index (χ4n) is 3.65. The van der Waals surface area contributed by atoms with Crippen LogP contribution in [-0.2, 0) is 16.3 Å². The molecule has 0 saturated heterocycles. The number of carbonyl (C=O) groups excluding carboxylic acids is 1. The number of amides is 1. The molecule has 3 aromatic carbocycles. The number of thioether (sulfide) groups is 1. The Bertz CT molecular complexity index is 1210. The number of carbonyl (C=O) groups is 1. The molecule has 5 rings (SSSR count). The van der Waals surface area contributed by atoms with Gasteiger partial charge >= 0.3 is 0 Å². The predicted molar refractivity (Wildman–Crippen MR) is 127 cm³/mol. The zero-order valence-corrected chi connectivity index (χ0v) is 18.6. The molecule has 0 fully saturated rings. The Labute approximate surface area is 193 Å². The summed E-state index contributed by atoms with van der Waals surface area (Å²) in [7, 11) is 0. The van der Waals surface area contributed by atoms with Gasteiger partial charge in [0.15, 0.2) is 5.13 Å². The Morgan fingerprint density at radius 3 is 2.31 bits per heavy atom. The maximum absolute atomic E-state index is 13.3. The topological polar surface area (TPSA) is 51.2 Å². The number of nitrogens with one attached hydrogen (secondary N) is 1. The van der Waals surface area contributed by atoms with Gasteiger partial charge in [0.2, 0.25) is 5.91 Å². The molecule has 0 aliphatic carbocycles. The largest absolute Gasteiger partial charge is 0.457 e. The van der Waals surface area contributed by atoms with Crippen LogP contribution in [0.5, 0.6) is 11.5 Å². The van der Waals surface area contributed by atoms with Crippen molar-refractivity contribution in [2.45, 2.75) is 17.4 Å². The van der Waals surface area contributed by atoms with Crippen LogP contribution < -0.4 is 10.1 Å². The molecule has 1 aliphatic heterocycles. The monoisotopic (exact) mass is 462 g/mol. The third-order valence-electron chi connectivity index (χ3n) is 5.16. The standard InChI is InChI=1S/C25H19FN2O2S2/c26-17-11-9-16(10-12-17)13-31-14-18-15-32-25(27-18)28-24(29)23-19-5-1-3-7-21(19)30-22-8-4-2-6-20(22)23/h1-12,15,23H,13-14H2,(H,27,28,29). The summed E-state index contributed by atoms with van der Waals surface area (Å²) in [5.74, 6) is 2.06. The number of para-hydroxylation sites is 2. The molecule has 1 aromatic heterocycles. The average molecular weight is 463 g/mol. The molecular formula is C25H19FN2O2S2. The van der Waals surface area contributed by atoms with Gasteiger partial charge in [0.1, 0.15) is 17.3 Å². The van der Waals surface area contributed by atoms with Crippen LogP contribution in [0.3, 0.4) is 0 Å². The molecule has 4 nitrogen and oxygen atoms in total. The van der Waals surface area contributed by atoms with Crippen LogP contribution in [-0.4, -0.2) is 10.9 Å². The minimum atomic E-state index is -0.462. The van der Waals surface area contributed by atoms with E-state index < -0.39 is 5.92 Å². The highest BCUT2D eigenvalue weighted by Crippen LogP contribution is 2.44. The van der Waals surface area contributed by atoms with Gasteiger partial charge in [-0.05, 0) is 29.8 Å². The number of rotatable bonds is 6. The molecular weight excluding hydrogens is 443 g/mol. The number of fused-ring (bicyclic) bond motifs is 2. The quantitative estimate of drug-likeness (QED) is 0.351. The van der Waals surface area contributed by atoms with Crippen LogP contribution >= 0.6 is 23.1 Å². The van der Waals surface area contributed by atoms with E-state index in [9.17, 15) is 9.18 Å². The van der Waals surface area contributed by atoms with Gasteiger partial charge in [-0.25, -0.2) is 9.37 Å². The van der Waals surface area contributed by atoms with Gasteiger partial charge < -0.3 is 10.1 Å². The average Bonchev–Trinajstić information content (AvgIpc) is 3.25. The lowest BCUT2D eigenvalue weighted by Gasteiger charge is -2.27. The van der Waals surface area contributed by atoms with E-state index in [-0.39, 0.29) is 11.7 Å². The molecule has 0 bridgehead atoms. The van der Waals surface area contributed by atoms with E-state index in [1.54, 1.807) is 23.9 Å². The number of nitrogens with zero attached hydrogens (tertiary/aromatic N) is 1. The van der Waals surface area contributed by atoms with Crippen molar-refractivity contribution in [3.8, 4) is 11.5 Å². The van der Waals surface area contributed by atoms with Crippen molar-refractivity contribution in [3.63, 3.8) is 0 Å². The second-order valence-electron chi connectivity index (χ2n) is 7.36. The van der Waals surface area contributed by atoms with Gasteiger partial charge in [-0.15, -0.1) is 11.3 Å². The summed E-state index contributed by atoms with van der Waals surface area (Å²) in [5, 5.41) is 5.53. The van der Waals surface area contributed by atoms with E-state index in [1.165, 1.54) is 23.5 Å². The molecule has 1 amide bonds. The van der Waals surface area contributed by atoms with Crippen molar-refractivity contribution >= 4 is 34.1 Å². The highest BCUT2D eigenvalue weighted by molar-refractivity contribution is 7.97. The fourth-order valence-corrected chi connectivity index (χ4v) is 5.36. The smallest absolute Gasteiger partial charge is 0.238 e. The summed E-state index contributed by atoms with van der Waals surface area (Å²) < 4.78 is 19.0. The Hall–Kier alpha value is -3.16. The summed E-state index contributed by atoms with van der Waals surface area (Å²) in [6, 6.07) is 21.8. The molecule has 2 heterocycles. The molecule has 0 saturated carbocycles. The highest BCUT2D eigenvalue weighted by Gasteiger charge is 2.32. The SMILES string of the molecule is O=C(Nc1nc(CSCc2ccc(F)cc2)cs1)C1c2ccccc2Oc2ccccc21. The second kappa shape index (κ2) is 9.14. The third kappa shape index (κ3) is 4.40. The van der Waals surface area contributed by atoms with E-state index in [4.69, 9.17) is 4.74 Å². The molecule has 1 N–H and O–H groups in total. The summed E-state index contributed by atoms with van der Waals surface area (Å²) in [4.78, 5) is 17.9. The summed E-state index contributed by atoms with van der Waals surface area (Å²) in [5.41, 5.74) is 3.66. The molecule has 0 unspecified atom stereocenters. The zero-order valence-electron chi connectivity index (χ0n) is 17.0. The van der Waals surface area contributed by atoms with E-state index in [2.05, 4.69) is 10.3 Å². The van der Waals surface area contributed by atoms with Crippen molar-refractivity contribution < 1.29 is 13.9 Å². The summed E-state index contributed by atoms with van der Waals surface area (Å²) in [6.07, 6.45) is 0. The van der Waals surface area contributed by atoms with E-state index >= 15 is 0 Å². The molecule has 7 heteroatoms. The van der Waals surface area contributed by atoms with Gasteiger partial charge in [-0.1, -0.05) is 48.5 Å². The summed E-state index contributed by atoms with van der Waals surface area (Å²) in [6.45, 7) is 0. The van der Waals surface area contributed by atoms with Crippen LogP contribution in [0.25, 0.3) is 0 Å². The van der Waals surface area contributed by atoms with Crippen molar-refractivity contribution in [3.05, 3.63) is 106 Å². The number of thiazole rings is 1. The van der Waals surface area contributed by atoms with Crippen molar-refractivity contribution in [2.75, 3.05) is 5.32 Å². The third-order valence-corrected chi connectivity index (χ3v) is 7.00. The van der Waals surface area contributed by atoms with Gasteiger partial charge in [-0.3, -0.25) is 4.79 Å². The van der Waals surface area contributed by atoms with Gasteiger partial charge in [0.05, 0.1) is 11.6 Å². The van der Waals surface area contributed by atoms with Crippen molar-refractivity contribution in [1.29, 1.82) is 0 Å². The molecule has 1 aliphatic rings. The Morgan fingerprint density at radius 1 is 0.969 bits per heavy atom. The first-order valence-electron chi connectivity index (χ1n) is 10.1. The van der Waals surface area contributed by atoms with Crippen LogP contribution in [0, 0.1) is 5.82 Å². The highest BCUT2D eigenvalue weighted by atomic mass is 32.2. The maximum atomic E-state index is 13.3. The molecule has 0 spiro atoms. The van der Waals surface area contributed by atoms with Crippen LogP contribution in [0.15, 0.2) is 78.2 Å². The zero-order chi connectivity index (χ0) is 21.9.